The number of aliphatic hydroxyl groups excluding tert-OH is 1. The van der Waals surface area contributed by atoms with Gasteiger partial charge in [-0.2, -0.15) is 0 Å². The Hall–Kier alpha value is -0.120. The minimum atomic E-state index is -0.101. The monoisotopic (exact) mass is 213 g/mol. The molecule has 0 bridgehead atoms. The molecule has 1 N–H and O–H groups in total. The summed E-state index contributed by atoms with van der Waals surface area (Å²) in [6.45, 7) is 7.47. The van der Waals surface area contributed by atoms with E-state index in [1.807, 2.05) is 6.92 Å². The van der Waals surface area contributed by atoms with Crippen LogP contribution in [-0.4, -0.2) is 49.0 Å². The molecule has 2 rings (SSSR count). The fourth-order valence-electron chi connectivity index (χ4n) is 2.72. The summed E-state index contributed by atoms with van der Waals surface area (Å²) >= 11 is 0. The van der Waals surface area contributed by atoms with Gasteiger partial charge in [0.2, 0.25) is 0 Å². The Labute approximate surface area is 92.4 Å². The van der Waals surface area contributed by atoms with Crippen LogP contribution in [0.5, 0.6) is 0 Å². The third-order valence-electron chi connectivity index (χ3n) is 3.92. The lowest BCUT2D eigenvalue weighted by atomic mass is 9.73. The van der Waals surface area contributed by atoms with E-state index in [9.17, 15) is 5.11 Å². The van der Waals surface area contributed by atoms with Crippen LogP contribution in [0.2, 0.25) is 0 Å². The largest absolute Gasteiger partial charge is 0.393 e. The number of ether oxygens (including phenoxy) is 1. The van der Waals surface area contributed by atoms with E-state index in [-0.39, 0.29) is 6.10 Å². The van der Waals surface area contributed by atoms with Crippen LogP contribution in [0.4, 0.5) is 0 Å². The van der Waals surface area contributed by atoms with Crippen molar-refractivity contribution in [3.63, 3.8) is 0 Å². The second-order valence-electron chi connectivity index (χ2n) is 5.17. The highest BCUT2D eigenvalue weighted by Gasteiger charge is 2.43. The zero-order valence-corrected chi connectivity index (χ0v) is 9.74. The average molecular weight is 213 g/mol. The van der Waals surface area contributed by atoms with Gasteiger partial charge in [-0.25, -0.2) is 0 Å². The van der Waals surface area contributed by atoms with Gasteiger partial charge in [0, 0.05) is 38.3 Å². The molecule has 0 radical (unpaired) electrons. The Bertz CT molecular complexity index is 194. The first-order valence-corrected chi connectivity index (χ1v) is 6.22. The molecular formula is C12H23NO2. The summed E-state index contributed by atoms with van der Waals surface area (Å²) in [5.41, 5.74) is 0.579. The van der Waals surface area contributed by atoms with E-state index >= 15 is 0 Å². The standard InChI is InChI=1S/C12H23NO2/c1-2-11(14)3-6-13-9-12(10-13)4-7-15-8-5-12/h11,14H,2-10H2,1H3. The summed E-state index contributed by atoms with van der Waals surface area (Å²) in [7, 11) is 0. The summed E-state index contributed by atoms with van der Waals surface area (Å²) in [6, 6.07) is 0. The van der Waals surface area contributed by atoms with Gasteiger partial charge in [-0.1, -0.05) is 6.92 Å². The van der Waals surface area contributed by atoms with Gasteiger partial charge < -0.3 is 14.7 Å². The Morgan fingerprint density at radius 1 is 1.33 bits per heavy atom. The van der Waals surface area contributed by atoms with Crippen molar-refractivity contribution in [3.05, 3.63) is 0 Å². The maximum absolute atomic E-state index is 9.48. The molecule has 2 aliphatic heterocycles. The van der Waals surface area contributed by atoms with Crippen LogP contribution in [0, 0.1) is 5.41 Å². The Morgan fingerprint density at radius 3 is 2.60 bits per heavy atom. The Morgan fingerprint density at radius 2 is 2.00 bits per heavy atom. The second kappa shape index (κ2) is 4.81. The van der Waals surface area contributed by atoms with Crippen LogP contribution in [0.15, 0.2) is 0 Å². The summed E-state index contributed by atoms with van der Waals surface area (Å²) in [6.07, 6.45) is 4.19. The lowest BCUT2D eigenvalue weighted by Crippen LogP contribution is -2.58. The molecule has 2 saturated heterocycles. The molecule has 0 aromatic heterocycles. The molecule has 0 aromatic rings. The summed E-state index contributed by atoms with van der Waals surface area (Å²) in [5, 5.41) is 9.48. The quantitative estimate of drug-likeness (QED) is 0.763. The molecule has 0 aliphatic carbocycles. The highest BCUT2D eigenvalue weighted by Crippen LogP contribution is 2.39. The normalized spacial score (nSPS) is 27.6. The van der Waals surface area contributed by atoms with Gasteiger partial charge in [-0.15, -0.1) is 0 Å². The van der Waals surface area contributed by atoms with Gasteiger partial charge >= 0.3 is 0 Å². The Kier molecular flexibility index (Phi) is 3.65. The van der Waals surface area contributed by atoms with Crippen molar-refractivity contribution in [1.29, 1.82) is 0 Å². The number of nitrogens with zero attached hydrogens (tertiary/aromatic N) is 1. The smallest absolute Gasteiger partial charge is 0.0549 e. The van der Waals surface area contributed by atoms with Crippen molar-refractivity contribution in [2.75, 3.05) is 32.8 Å². The minimum absolute atomic E-state index is 0.101. The molecule has 3 nitrogen and oxygen atoms in total. The van der Waals surface area contributed by atoms with Crippen LogP contribution >= 0.6 is 0 Å². The zero-order chi connectivity index (χ0) is 10.7. The highest BCUT2D eigenvalue weighted by molar-refractivity contribution is 4.95. The average Bonchev–Trinajstić information content (AvgIpc) is 2.24. The summed E-state index contributed by atoms with van der Waals surface area (Å²) in [5.74, 6) is 0. The van der Waals surface area contributed by atoms with Crippen molar-refractivity contribution in [2.45, 2.75) is 38.7 Å². The number of aliphatic hydroxyl groups is 1. The fraction of sp³-hybridized carbons (Fsp3) is 1.00. The SMILES string of the molecule is CCC(O)CCN1CC2(CCOCC2)C1. The van der Waals surface area contributed by atoms with Crippen LogP contribution in [0.1, 0.15) is 32.6 Å². The highest BCUT2D eigenvalue weighted by atomic mass is 16.5. The van der Waals surface area contributed by atoms with Gasteiger partial charge in [0.15, 0.2) is 0 Å². The second-order valence-corrected chi connectivity index (χ2v) is 5.17. The zero-order valence-electron chi connectivity index (χ0n) is 9.74. The van der Waals surface area contributed by atoms with Gasteiger partial charge in [0.25, 0.3) is 0 Å². The van der Waals surface area contributed by atoms with Crippen molar-refractivity contribution >= 4 is 0 Å². The molecule has 0 saturated carbocycles. The number of rotatable bonds is 4. The lowest BCUT2D eigenvalue weighted by molar-refractivity contribution is -0.0832. The van der Waals surface area contributed by atoms with Crippen molar-refractivity contribution in [1.82, 2.24) is 4.90 Å². The third-order valence-corrected chi connectivity index (χ3v) is 3.92. The van der Waals surface area contributed by atoms with Crippen molar-refractivity contribution < 1.29 is 9.84 Å². The maximum Gasteiger partial charge on any atom is 0.0549 e. The predicted molar refractivity (Wildman–Crippen MR) is 59.8 cm³/mol. The number of hydrogen-bond acceptors (Lipinski definition) is 3. The van der Waals surface area contributed by atoms with E-state index in [4.69, 9.17) is 4.74 Å². The lowest BCUT2D eigenvalue weighted by Gasteiger charge is -2.52. The molecule has 0 amide bonds. The van der Waals surface area contributed by atoms with Crippen molar-refractivity contribution in [2.24, 2.45) is 5.41 Å². The molecule has 1 spiro atoms. The van der Waals surface area contributed by atoms with Gasteiger partial charge in [0.1, 0.15) is 0 Å². The van der Waals surface area contributed by atoms with Crippen LogP contribution in [-0.2, 0) is 4.74 Å². The van der Waals surface area contributed by atoms with Gasteiger partial charge in [0.05, 0.1) is 6.10 Å². The third kappa shape index (κ3) is 2.71. The van der Waals surface area contributed by atoms with Crippen LogP contribution in [0.25, 0.3) is 0 Å². The van der Waals surface area contributed by atoms with E-state index in [1.54, 1.807) is 0 Å². The number of hydrogen-bond donors (Lipinski definition) is 1. The molecule has 88 valence electrons. The first-order chi connectivity index (χ1) is 7.24. The van der Waals surface area contributed by atoms with Crippen molar-refractivity contribution in [3.8, 4) is 0 Å². The van der Waals surface area contributed by atoms with Gasteiger partial charge in [-0.3, -0.25) is 0 Å². The van der Waals surface area contributed by atoms with E-state index < -0.39 is 0 Å². The maximum atomic E-state index is 9.48. The Balaban J connectivity index is 1.64. The molecule has 2 heterocycles. The minimum Gasteiger partial charge on any atom is -0.393 e. The van der Waals surface area contributed by atoms with E-state index in [0.717, 1.165) is 32.6 Å². The van der Waals surface area contributed by atoms with Crippen LogP contribution in [0.3, 0.4) is 0 Å². The molecule has 2 fully saturated rings. The predicted octanol–water partition coefficient (Wildman–Crippen LogP) is 1.26. The van der Waals surface area contributed by atoms with E-state index in [1.165, 1.54) is 25.9 Å². The van der Waals surface area contributed by atoms with E-state index in [0.29, 0.717) is 5.41 Å². The van der Waals surface area contributed by atoms with Gasteiger partial charge in [-0.05, 0) is 25.7 Å². The topological polar surface area (TPSA) is 32.7 Å². The number of likely N-dealkylation sites (tertiary alicyclic amines) is 1. The molecule has 1 atom stereocenters. The molecule has 0 aromatic carbocycles. The first kappa shape index (κ1) is 11.4. The summed E-state index contributed by atoms with van der Waals surface area (Å²) < 4.78 is 5.39. The molecule has 1 unspecified atom stereocenters. The molecule has 2 aliphatic rings. The first-order valence-electron chi connectivity index (χ1n) is 6.22. The molecule has 15 heavy (non-hydrogen) atoms. The van der Waals surface area contributed by atoms with Crippen LogP contribution < -0.4 is 0 Å². The fourth-order valence-corrected chi connectivity index (χ4v) is 2.72. The van der Waals surface area contributed by atoms with E-state index in [2.05, 4.69) is 4.90 Å². The molecular weight excluding hydrogens is 190 g/mol. The molecule has 3 heteroatoms. The summed E-state index contributed by atoms with van der Waals surface area (Å²) in [4.78, 5) is 2.48.